The zero-order chi connectivity index (χ0) is 21.3. The van der Waals surface area contributed by atoms with E-state index in [4.69, 9.17) is 18.3 Å². The van der Waals surface area contributed by atoms with E-state index in [9.17, 15) is 4.79 Å². The molecule has 0 aliphatic rings. The standard InChI is InChI=1S/C24H23NO5/c1-5-28-18-11-10-16(13-19(18)27-4)21-22-20(12-15(3)29-24(22)26)30-23(21)25-17-9-7-6-8-14(17)2/h6-13,25H,5H2,1-4H3. The van der Waals surface area contributed by atoms with E-state index in [1.165, 1.54) is 0 Å². The largest absolute Gasteiger partial charge is 0.493 e. The quantitative estimate of drug-likeness (QED) is 0.436. The monoisotopic (exact) mass is 405 g/mol. The van der Waals surface area contributed by atoms with Crippen molar-refractivity contribution in [3.8, 4) is 22.6 Å². The molecule has 0 fully saturated rings. The van der Waals surface area contributed by atoms with Crippen molar-refractivity contribution in [3.63, 3.8) is 0 Å². The fraction of sp³-hybridized carbons (Fsp3) is 0.208. The molecule has 6 nitrogen and oxygen atoms in total. The summed E-state index contributed by atoms with van der Waals surface area (Å²) in [5.41, 5.74) is 3.31. The van der Waals surface area contributed by atoms with Crippen molar-refractivity contribution in [2.45, 2.75) is 20.8 Å². The number of fused-ring (bicyclic) bond motifs is 1. The minimum Gasteiger partial charge on any atom is -0.493 e. The van der Waals surface area contributed by atoms with Gasteiger partial charge >= 0.3 is 5.63 Å². The molecule has 0 unspecified atom stereocenters. The third-order valence-electron chi connectivity index (χ3n) is 4.87. The number of hydrogen-bond donors (Lipinski definition) is 1. The van der Waals surface area contributed by atoms with Crippen LogP contribution in [-0.4, -0.2) is 13.7 Å². The van der Waals surface area contributed by atoms with E-state index >= 15 is 0 Å². The number of para-hydroxylation sites is 1. The van der Waals surface area contributed by atoms with Gasteiger partial charge in [0.15, 0.2) is 11.5 Å². The first kappa shape index (κ1) is 19.6. The van der Waals surface area contributed by atoms with Crippen LogP contribution < -0.4 is 20.4 Å². The Bertz CT molecular complexity index is 1270. The molecule has 2 aromatic heterocycles. The summed E-state index contributed by atoms with van der Waals surface area (Å²) >= 11 is 0. The Morgan fingerprint density at radius 2 is 1.80 bits per heavy atom. The predicted molar refractivity (Wildman–Crippen MR) is 117 cm³/mol. The first-order valence-corrected chi connectivity index (χ1v) is 9.73. The highest BCUT2D eigenvalue weighted by Gasteiger charge is 2.22. The van der Waals surface area contributed by atoms with Gasteiger partial charge in [0.25, 0.3) is 0 Å². The van der Waals surface area contributed by atoms with Crippen LogP contribution in [0.4, 0.5) is 11.6 Å². The molecule has 0 amide bonds. The van der Waals surface area contributed by atoms with Gasteiger partial charge in [0.2, 0.25) is 5.88 Å². The molecular formula is C24H23NO5. The molecule has 0 spiro atoms. The van der Waals surface area contributed by atoms with Crippen LogP contribution in [-0.2, 0) is 0 Å². The number of furan rings is 1. The maximum Gasteiger partial charge on any atom is 0.347 e. The molecule has 0 radical (unpaired) electrons. The Labute approximate surface area is 174 Å². The maximum absolute atomic E-state index is 12.7. The Morgan fingerprint density at radius 1 is 1.00 bits per heavy atom. The summed E-state index contributed by atoms with van der Waals surface area (Å²) in [7, 11) is 1.58. The van der Waals surface area contributed by atoms with E-state index in [2.05, 4.69) is 5.32 Å². The Morgan fingerprint density at radius 3 is 2.53 bits per heavy atom. The molecule has 6 heteroatoms. The smallest absolute Gasteiger partial charge is 0.347 e. The van der Waals surface area contributed by atoms with Gasteiger partial charge in [-0.05, 0) is 50.1 Å². The molecule has 0 saturated heterocycles. The zero-order valence-corrected chi connectivity index (χ0v) is 17.4. The van der Waals surface area contributed by atoms with Crippen molar-refractivity contribution in [3.05, 3.63) is 70.3 Å². The van der Waals surface area contributed by atoms with E-state index in [0.717, 1.165) is 16.8 Å². The SMILES string of the molecule is CCOc1ccc(-c2c(Nc3ccccc3C)oc3cc(C)oc(=O)c23)cc1OC. The molecule has 0 aliphatic heterocycles. The zero-order valence-electron chi connectivity index (χ0n) is 17.4. The minimum atomic E-state index is -0.450. The summed E-state index contributed by atoms with van der Waals surface area (Å²) in [6.45, 7) is 6.16. The molecule has 2 heterocycles. The molecule has 0 bridgehead atoms. The van der Waals surface area contributed by atoms with Crippen LogP contribution in [0.25, 0.3) is 22.1 Å². The number of nitrogens with one attached hydrogen (secondary N) is 1. The van der Waals surface area contributed by atoms with Crippen molar-refractivity contribution < 1.29 is 18.3 Å². The lowest BCUT2D eigenvalue weighted by Crippen LogP contribution is -2.01. The van der Waals surface area contributed by atoms with E-state index in [0.29, 0.717) is 46.3 Å². The van der Waals surface area contributed by atoms with Gasteiger partial charge in [-0.2, -0.15) is 0 Å². The lowest BCUT2D eigenvalue weighted by atomic mass is 10.0. The summed E-state index contributed by atoms with van der Waals surface area (Å²) in [6, 6.07) is 15.1. The van der Waals surface area contributed by atoms with Crippen LogP contribution >= 0.6 is 0 Å². The minimum absolute atomic E-state index is 0.378. The predicted octanol–water partition coefficient (Wildman–Crippen LogP) is 5.82. The number of benzene rings is 2. The van der Waals surface area contributed by atoms with Crippen LogP contribution in [0.5, 0.6) is 11.5 Å². The van der Waals surface area contributed by atoms with Crippen molar-refractivity contribution in [2.75, 3.05) is 19.0 Å². The first-order valence-electron chi connectivity index (χ1n) is 9.73. The van der Waals surface area contributed by atoms with Crippen LogP contribution in [0.15, 0.2) is 62.2 Å². The van der Waals surface area contributed by atoms with Gasteiger partial charge in [-0.25, -0.2) is 4.79 Å². The van der Waals surface area contributed by atoms with Gasteiger partial charge in [0, 0.05) is 11.8 Å². The van der Waals surface area contributed by atoms with E-state index in [-0.39, 0.29) is 0 Å². The fourth-order valence-corrected chi connectivity index (χ4v) is 3.46. The average molecular weight is 405 g/mol. The first-order chi connectivity index (χ1) is 14.5. The van der Waals surface area contributed by atoms with E-state index < -0.39 is 5.63 Å². The van der Waals surface area contributed by atoms with Gasteiger partial charge in [-0.15, -0.1) is 0 Å². The fourth-order valence-electron chi connectivity index (χ4n) is 3.46. The molecule has 4 rings (SSSR count). The van der Waals surface area contributed by atoms with Gasteiger partial charge in [0.05, 0.1) is 19.3 Å². The number of aryl methyl sites for hydroxylation is 2. The van der Waals surface area contributed by atoms with Crippen LogP contribution in [0, 0.1) is 13.8 Å². The molecule has 30 heavy (non-hydrogen) atoms. The second-order valence-electron chi connectivity index (χ2n) is 6.93. The number of hydrogen-bond acceptors (Lipinski definition) is 6. The molecule has 1 N–H and O–H groups in total. The second kappa shape index (κ2) is 7.99. The van der Waals surface area contributed by atoms with Crippen molar-refractivity contribution in [2.24, 2.45) is 0 Å². The maximum atomic E-state index is 12.7. The molecule has 0 atom stereocenters. The number of anilines is 2. The Hall–Kier alpha value is -3.67. The van der Waals surface area contributed by atoms with Crippen molar-refractivity contribution in [1.82, 2.24) is 0 Å². The normalized spacial score (nSPS) is 10.9. The Kier molecular flexibility index (Phi) is 5.23. The molecule has 154 valence electrons. The highest BCUT2D eigenvalue weighted by molar-refractivity contribution is 6.00. The highest BCUT2D eigenvalue weighted by atomic mass is 16.5. The Balaban J connectivity index is 1.95. The highest BCUT2D eigenvalue weighted by Crippen LogP contribution is 2.42. The lowest BCUT2D eigenvalue weighted by molar-refractivity contribution is 0.311. The molecule has 0 saturated carbocycles. The van der Waals surface area contributed by atoms with Gasteiger partial charge in [-0.3, -0.25) is 0 Å². The third kappa shape index (κ3) is 3.52. The third-order valence-corrected chi connectivity index (χ3v) is 4.87. The molecule has 2 aromatic carbocycles. The average Bonchev–Trinajstić information content (AvgIpc) is 3.08. The van der Waals surface area contributed by atoms with Crippen LogP contribution in [0.3, 0.4) is 0 Å². The summed E-state index contributed by atoms with van der Waals surface area (Å²) in [4.78, 5) is 12.7. The van der Waals surface area contributed by atoms with Crippen molar-refractivity contribution >= 4 is 22.5 Å². The molecule has 0 aliphatic carbocycles. The summed E-state index contributed by atoms with van der Waals surface area (Å²) in [6.07, 6.45) is 0. The van der Waals surface area contributed by atoms with Gasteiger partial charge in [-0.1, -0.05) is 24.3 Å². The summed E-state index contributed by atoms with van der Waals surface area (Å²) < 4.78 is 22.6. The van der Waals surface area contributed by atoms with Crippen molar-refractivity contribution in [1.29, 1.82) is 0 Å². The topological polar surface area (TPSA) is 73.8 Å². The second-order valence-corrected chi connectivity index (χ2v) is 6.93. The molecule has 4 aromatic rings. The molecular weight excluding hydrogens is 382 g/mol. The lowest BCUT2D eigenvalue weighted by Gasteiger charge is -2.12. The summed E-state index contributed by atoms with van der Waals surface area (Å²) in [5, 5.41) is 3.71. The van der Waals surface area contributed by atoms with Gasteiger partial charge < -0.3 is 23.6 Å². The van der Waals surface area contributed by atoms with Crippen LogP contribution in [0.1, 0.15) is 18.2 Å². The summed E-state index contributed by atoms with van der Waals surface area (Å²) in [5.74, 6) is 2.15. The van der Waals surface area contributed by atoms with E-state index in [1.807, 2.05) is 56.3 Å². The number of methoxy groups -OCH3 is 1. The van der Waals surface area contributed by atoms with Crippen LogP contribution in [0.2, 0.25) is 0 Å². The number of rotatable bonds is 6. The van der Waals surface area contributed by atoms with Gasteiger partial charge in [0.1, 0.15) is 16.7 Å². The number of ether oxygens (including phenoxy) is 2. The van der Waals surface area contributed by atoms with E-state index in [1.54, 1.807) is 20.1 Å².